The van der Waals surface area contributed by atoms with Crippen molar-refractivity contribution >= 4 is 29.4 Å². The molecule has 0 unspecified atom stereocenters. The lowest BCUT2D eigenvalue weighted by atomic mass is 10.1. The second-order valence-electron chi connectivity index (χ2n) is 6.90. The number of quaternary nitrogens is 1. The Morgan fingerprint density at radius 3 is 2.35 bits per heavy atom. The monoisotopic (exact) mass is 387 g/mol. The van der Waals surface area contributed by atoms with E-state index in [-0.39, 0.29) is 11.9 Å². The predicted molar refractivity (Wildman–Crippen MR) is 113 cm³/mol. The third kappa shape index (κ3) is 5.29. The summed E-state index contributed by atoms with van der Waals surface area (Å²) in [5.41, 5.74) is 3.19. The summed E-state index contributed by atoms with van der Waals surface area (Å²) >= 11 is 4.01. The molecule has 0 aliphatic carbocycles. The van der Waals surface area contributed by atoms with Crippen molar-refractivity contribution in [2.75, 3.05) is 32.1 Å². The zero-order valence-corrected chi connectivity index (χ0v) is 17.0. The first-order valence-corrected chi connectivity index (χ1v) is 11.2. The Morgan fingerprint density at radius 2 is 1.73 bits per heavy atom. The third-order valence-corrected chi connectivity index (χ3v) is 7.41. The number of rotatable bonds is 6. The highest BCUT2D eigenvalue weighted by molar-refractivity contribution is 8.16. The minimum absolute atomic E-state index is 0.00407. The molecule has 0 bridgehead atoms. The van der Waals surface area contributed by atoms with Gasteiger partial charge in [-0.3, -0.25) is 4.79 Å². The zero-order chi connectivity index (χ0) is 18.4. The van der Waals surface area contributed by atoms with Crippen LogP contribution in [0.1, 0.15) is 38.5 Å². The average Bonchev–Trinajstić information content (AvgIpc) is 2.68. The molecule has 0 radical (unpaired) electrons. The number of hydrogen-bond donors (Lipinski definition) is 2. The van der Waals surface area contributed by atoms with E-state index in [1.807, 2.05) is 53.9 Å². The van der Waals surface area contributed by atoms with Gasteiger partial charge in [0.25, 0.3) is 5.91 Å². The Balaban J connectivity index is 1.68. The molecule has 0 aromatic heterocycles. The molecule has 3 rings (SSSR count). The molecule has 138 valence electrons. The van der Waals surface area contributed by atoms with Gasteiger partial charge in [-0.15, -0.1) is 23.5 Å². The van der Waals surface area contributed by atoms with E-state index >= 15 is 0 Å². The van der Waals surface area contributed by atoms with E-state index in [2.05, 4.69) is 43.7 Å². The molecule has 5 heteroatoms. The fraction of sp³-hybridized carbons (Fsp3) is 0.381. The van der Waals surface area contributed by atoms with Crippen LogP contribution < -0.4 is 10.2 Å². The van der Waals surface area contributed by atoms with Gasteiger partial charge >= 0.3 is 0 Å². The molecule has 1 aliphatic heterocycles. The molecule has 2 aromatic rings. The first-order chi connectivity index (χ1) is 12.6. The van der Waals surface area contributed by atoms with Crippen molar-refractivity contribution in [2.24, 2.45) is 0 Å². The van der Waals surface area contributed by atoms with Crippen LogP contribution in [0.4, 0.5) is 0 Å². The van der Waals surface area contributed by atoms with Gasteiger partial charge < -0.3 is 10.2 Å². The number of likely N-dealkylation sites (N-methyl/N-ethyl adjacent to an activating group) is 1. The summed E-state index contributed by atoms with van der Waals surface area (Å²) in [6.07, 6.45) is 1.29. The molecule has 0 saturated carbocycles. The van der Waals surface area contributed by atoms with E-state index < -0.39 is 0 Å². The van der Waals surface area contributed by atoms with Crippen LogP contribution in [0.15, 0.2) is 54.6 Å². The van der Waals surface area contributed by atoms with Crippen LogP contribution >= 0.6 is 23.5 Å². The number of carbonyl (C=O) groups is 1. The van der Waals surface area contributed by atoms with Gasteiger partial charge in [-0.05, 0) is 41.2 Å². The Kier molecular flexibility index (Phi) is 7.06. The molecular weight excluding hydrogens is 360 g/mol. The average molecular weight is 388 g/mol. The summed E-state index contributed by atoms with van der Waals surface area (Å²) in [6, 6.07) is 18.4. The van der Waals surface area contributed by atoms with Crippen LogP contribution in [0.2, 0.25) is 0 Å². The fourth-order valence-electron chi connectivity index (χ4n) is 3.06. The standard InChI is InChI=1S/C21H26N2OS2/c1-23(2)15-19(16-7-4-3-5-8-16)22-20(24)17-9-11-18(12-10-17)21-25-13-6-14-26-21/h3-5,7-12,19,21H,6,13-15H2,1-2H3,(H,22,24)/p+1/t19-/m1/s1. The Hall–Kier alpha value is -1.43. The molecule has 1 heterocycles. The maximum absolute atomic E-state index is 12.8. The van der Waals surface area contributed by atoms with Crippen molar-refractivity contribution in [1.29, 1.82) is 0 Å². The van der Waals surface area contributed by atoms with Crippen LogP contribution in [-0.4, -0.2) is 38.1 Å². The van der Waals surface area contributed by atoms with E-state index in [0.29, 0.717) is 4.58 Å². The number of carbonyl (C=O) groups excluding carboxylic acids is 1. The van der Waals surface area contributed by atoms with E-state index in [9.17, 15) is 4.79 Å². The summed E-state index contributed by atoms with van der Waals surface area (Å²) in [7, 11) is 4.22. The second-order valence-corrected chi connectivity index (χ2v) is 9.62. The van der Waals surface area contributed by atoms with Gasteiger partial charge in [-0.2, -0.15) is 0 Å². The molecule has 1 saturated heterocycles. The Labute approximate surface area is 164 Å². The SMILES string of the molecule is C[NH+](C)C[C@@H](NC(=O)c1ccc(C2SCCCS2)cc1)c1ccccc1. The summed E-state index contributed by atoms with van der Waals surface area (Å²) < 4.78 is 0.510. The number of benzene rings is 2. The number of amides is 1. The van der Waals surface area contributed by atoms with Gasteiger partial charge in [0.15, 0.2) is 0 Å². The molecule has 1 fully saturated rings. The van der Waals surface area contributed by atoms with Crippen molar-refractivity contribution in [1.82, 2.24) is 5.32 Å². The van der Waals surface area contributed by atoms with Gasteiger partial charge in [0.1, 0.15) is 12.6 Å². The normalized spacial score (nSPS) is 16.4. The van der Waals surface area contributed by atoms with Crippen molar-refractivity contribution in [3.63, 3.8) is 0 Å². The largest absolute Gasteiger partial charge is 0.340 e. The summed E-state index contributed by atoms with van der Waals surface area (Å²) in [5, 5.41) is 3.21. The molecule has 2 aromatic carbocycles. The van der Waals surface area contributed by atoms with Crippen molar-refractivity contribution in [3.05, 3.63) is 71.3 Å². The Bertz CT molecular complexity index is 698. The molecule has 26 heavy (non-hydrogen) atoms. The number of hydrogen-bond acceptors (Lipinski definition) is 3. The van der Waals surface area contributed by atoms with Gasteiger partial charge in [0.2, 0.25) is 0 Å². The highest BCUT2D eigenvalue weighted by atomic mass is 32.2. The lowest BCUT2D eigenvalue weighted by Crippen LogP contribution is -3.06. The number of nitrogens with one attached hydrogen (secondary N) is 2. The highest BCUT2D eigenvalue weighted by Gasteiger charge is 2.20. The summed E-state index contributed by atoms with van der Waals surface area (Å²) in [6.45, 7) is 0.850. The minimum Gasteiger partial charge on any atom is -0.340 e. The van der Waals surface area contributed by atoms with E-state index in [0.717, 1.165) is 17.7 Å². The van der Waals surface area contributed by atoms with Gasteiger partial charge in [-0.25, -0.2) is 0 Å². The molecule has 3 nitrogen and oxygen atoms in total. The van der Waals surface area contributed by atoms with Crippen LogP contribution in [-0.2, 0) is 0 Å². The number of thioether (sulfide) groups is 2. The van der Waals surface area contributed by atoms with Crippen molar-refractivity contribution in [2.45, 2.75) is 17.0 Å². The quantitative estimate of drug-likeness (QED) is 0.799. The minimum atomic E-state index is -0.00407. The smallest absolute Gasteiger partial charge is 0.251 e. The molecule has 1 aliphatic rings. The Morgan fingerprint density at radius 1 is 1.08 bits per heavy atom. The first-order valence-electron chi connectivity index (χ1n) is 9.11. The van der Waals surface area contributed by atoms with Crippen LogP contribution in [0.3, 0.4) is 0 Å². The highest BCUT2D eigenvalue weighted by Crippen LogP contribution is 2.43. The molecular formula is C21H27N2OS2+. The molecule has 2 N–H and O–H groups in total. The van der Waals surface area contributed by atoms with E-state index in [1.165, 1.54) is 28.4 Å². The molecule has 0 spiro atoms. The fourth-order valence-corrected chi connectivity index (χ4v) is 5.95. The van der Waals surface area contributed by atoms with Crippen LogP contribution in [0.25, 0.3) is 0 Å². The van der Waals surface area contributed by atoms with Crippen LogP contribution in [0.5, 0.6) is 0 Å². The third-order valence-electron chi connectivity index (χ3n) is 4.39. The lowest BCUT2D eigenvalue weighted by molar-refractivity contribution is -0.860. The zero-order valence-electron chi connectivity index (χ0n) is 15.4. The first kappa shape index (κ1) is 19.3. The van der Waals surface area contributed by atoms with E-state index in [4.69, 9.17) is 0 Å². The lowest BCUT2D eigenvalue weighted by Gasteiger charge is -2.22. The second kappa shape index (κ2) is 9.49. The topological polar surface area (TPSA) is 33.5 Å². The van der Waals surface area contributed by atoms with Gasteiger partial charge in [-0.1, -0.05) is 42.5 Å². The molecule has 1 amide bonds. The molecule has 1 atom stereocenters. The summed E-state index contributed by atoms with van der Waals surface area (Å²) in [5.74, 6) is 2.45. The predicted octanol–water partition coefficient (Wildman–Crippen LogP) is 3.17. The van der Waals surface area contributed by atoms with Crippen LogP contribution in [0, 0.1) is 0 Å². The van der Waals surface area contributed by atoms with Crippen molar-refractivity contribution in [3.8, 4) is 0 Å². The maximum atomic E-state index is 12.8. The summed E-state index contributed by atoms with van der Waals surface area (Å²) in [4.78, 5) is 14.1. The van der Waals surface area contributed by atoms with Gasteiger partial charge in [0.05, 0.1) is 18.7 Å². The van der Waals surface area contributed by atoms with Gasteiger partial charge in [0, 0.05) is 5.56 Å². The maximum Gasteiger partial charge on any atom is 0.251 e. The van der Waals surface area contributed by atoms with E-state index in [1.54, 1.807) is 0 Å². The van der Waals surface area contributed by atoms with Crippen molar-refractivity contribution < 1.29 is 9.69 Å².